The third kappa shape index (κ3) is 3.54. The summed E-state index contributed by atoms with van der Waals surface area (Å²) in [6.45, 7) is 4.63. The summed E-state index contributed by atoms with van der Waals surface area (Å²) < 4.78 is 10.5. The summed E-state index contributed by atoms with van der Waals surface area (Å²) in [5.74, 6) is 0. The third-order valence-electron chi connectivity index (χ3n) is 1.81. The van der Waals surface area contributed by atoms with Gasteiger partial charge < -0.3 is 14.6 Å². The first-order valence-electron chi connectivity index (χ1n) is 4.96. The van der Waals surface area contributed by atoms with Gasteiger partial charge in [0.2, 0.25) is 0 Å². The van der Waals surface area contributed by atoms with Gasteiger partial charge in [0.05, 0.1) is 11.9 Å². The van der Waals surface area contributed by atoms with Crippen LogP contribution in [0.25, 0.3) is 0 Å². The second-order valence-corrected chi connectivity index (χ2v) is 2.85. The zero-order valence-electron chi connectivity index (χ0n) is 8.96. The van der Waals surface area contributed by atoms with Gasteiger partial charge in [-0.2, -0.15) is 0 Å². The van der Waals surface area contributed by atoms with Gasteiger partial charge in [0.15, 0.2) is 6.29 Å². The molecule has 0 saturated heterocycles. The fourth-order valence-electron chi connectivity index (χ4n) is 1.16. The maximum Gasteiger partial charge on any atom is 0.189 e. The number of ether oxygens (including phenoxy) is 2. The molecule has 0 bridgehead atoms. The van der Waals surface area contributed by atoms with Gasteiger partial charge in [0.1, 0.15) is 6.10 Å². The van der Waals surface area contributed by atoms with Crippen LogP contribution in [0, 0.1) is 0 Å². The molecule has 0 spiro atoms. The maximum absolute atomic E-state index is 9.89. The fourth-order valence-corrected chi connectivity index (χ4v) is 1.16. The summed E-state index contributed by atoms with van der Waals surface area (Å²) in [5.41, 5.74) is 0.449. The highest BCUT2D eigenvalue weighted by atomic mass is 16.7. The van der Waals surface area contributed by atoms with Crippen LogP contribution >= 0.6 is 0 Å². The van der Waals surface area contributed by atoms with Gasteiger partial charge in [-0.15, -0.1) is 0 Å². The average Bonchev–Trinajstić information content (AvgIpc) is 2.29. The Bertz CT molecular complexity index is 263. The summed E-state index contributed by atoms with van der Waals surface area (Å²) in [4.78, 5) is 7.87. The SMILES string of the molecule is CCOC(OCC)C(O)c1cnccn1. The molecule has 0 aliphatic heterocycles. The molecule has 0 fully saturated rings. The molecule has 1 aromatic heterocycles. The monoisotopic (exact) mass is 212 g/mol. The second kappa shape index (κ2) is 6.44. The van der Waals surface area contributed by atoms with Crippen molar-refractivity contribution in [3.8, 4) is 0 Å². The Morgan fingerprint density at radius 3 is 2.40 bits per heavy atom. The Hall–Kier alpha value is -1.04. The van der Waals surface area contributed by atoms with Crippen molar-refractivity contribution in [2.75, 3.05) is 13.2 Å². The zero-order valence-corrected chi connectivity index (χ0v) is 8.96. The third-order valence-corrected chi connectivity index (χ3v) is 1.81. The van der Waals surface area contributed by atoms with Crippen LogP contribution in [-0.4, -0.2) is 34.6 Å². The molecular formula is C10H16N2O3. The van der Waals surface area contributed by atoms with Crippen LogP contribution in [0.3, 0.4) is 0 Å². The molecule has 15 heavy (non-hydrogen) atoms. The molecule has 0 aliphatic rings. The molecule has 1 aromatic rings. The molecular weight excluding hydrogens is 196 g/mol. The average molecular weight is 212 g/mol. The first kappa shape index (κ1) is 12.0. The highest BCUT2D eigenvalue weighted by Crippen LogP contribution is 2.17. The summed E-state index contributed by atoms with van der Waals surface area (Å²) in [6.07, 6.45) is 2.98. The lowest BCUT2D eigenvalue weighted by Gasteiger charge is -2.21. The number of aromatic nitrogens is 2. The summed E-state index contributed by atoms with van der Waals surface area (Å²) in [7, 11) is 0. The largest absolute Gasteiger partial charge is 0.381 e. The van der Waals surface area contributed by atoms with Gasteiger partial charge in [-0.3, -0.25) is 9.97 Å². The minimum Gasteiger partial charge on any atom is -0.381 e. The van der Waals surface area contributed by atoms with Crippen molar-refractivity contribution in [2.45, 2.75) is 26.2 Å². The number of hydrogen-bond donors (Lipinski definition) is 1. The van der Waals surface area contributed by atoms with Crippen LogP contribution in [0.1, 0.15) is 25.6 Å². The van der Waals surface area contributed by atoms with E-state index in [1.165, 1.54) is 12.4 Å². The van der Waals surface area contributed by atoms with Crippen molar-refractivity contribution >= 4 is 0 Å². The molecule has 0 saturated carbocycles. The van der Waals surface area contributed by atoms with Crippen LogP contribution in [0.2, 0.25) is 0 Å². The minimum atomic E-state index is -0.904. The van der Waals surface area contributed by atoms with E-state index in [0.717, 1.165) is 0 Å². The minimum absolute atomic E-state index is 0.449. The molecule has 0 aliphatic carbocycles. The normalized spacial score (nSPS) is 13.1. The molecule has 5 nitrogen and oxygen atoms in total. The first-order chi connectivity index (χ1) is 7.29. The highest BCUT2D eigenvalue weighted by molar-refractivity contribution is 5.00. The predicted molar refractivity (Wildman–Crippen MR) is 54.0 cm³/mol. The lowest BCUT2D eigenvalue weighted by atomic mass is 10.2. The van der Waals surface area contributed by atoms with Crippen LogP contribution in [0.4, 0.5) is 0 Å². The number of hydrogen-bond acceptors (Lipinski definition) is 5. The summed E-state index contributed by atoms with van der Waals surface area (Å²) >= 11 is 0. The molecule has 0 amide bonds. The zero-order chi connectivity index (χ0) is 11.1. The van der Waals surface area contributed by atoms with E-state index in [9.17, 15) is 5.11 Å². The van der Waals surface area contributed by atoms with Crippen LogP contribution in [0.15, 0.2) is 18.6 Å². The van der Waals surface area contributed by atoms with E-state index in [1.54, 1.807) is 6.20 Å². The van der Waals surface area contributed by atoms with Crippen LogP contribution in [-0.2, 0) is 9.47 Å². The van der Waals surface area contributed by atoms with Crippen molar-refractivity contribution in [3.63, 3.8) is 0 Å². The smallest absolute Gasteiger partial charge is 0.189 e. The maximum atomic E-state index is 9.89. The molecule has 1 atom stereocenters. The standard InChI is InChI=1S/C10H16N2O3/c1-3-14-10(15-4-2)9(13)8-7-11-5-6-12-8/h5-7,9-10,13H,3-4H2,1-2H3. The Kier molecular flexibility index (Phi) is 5.17. The molecule has 0 aromatic carbocycles. The number of aliphatic hydroxyl groups excluding tert-OH is 1. The van der Waals surface area contributed by atoms with Gasteiger partial charge in [-0.1, -0.05) is 0 Å². The molecule has 1 N–H and O–H groups in total. The molecule has 5 heteroatoms. The Morgan fingerprint density at radius 2 is 1.93 bits per heavy atom. The number of rotatable bonds is 6. The van der Waals surface area contributed by atoms with E-state index < -0.39 is 12.4 Å². The van der Waals surface area contributed by atoms with Crippen molar-refractivity contribution in [3.05, 3.63) is 24.3 Å². The number of nitrogens with zero attached hydrogens (tertiary/aromatic N) is 2. The second-order valence-electron chi connectivity index (χ2n) is 2.85. The summed E-state index contributed by atoms with van der Waals surface area (Å²) in [6, 6.07) is 0. The Labute approximate surface area is 89.1 Å². The molecule has 1 rings (SSSR count). The van der Waals surface area contributed by atoms with Gasteiger partial charge in [-0.05, 0) is 13.8 Å². The van der Waals surface area contributed by atoms with Crippen molar-refractivity contribution in [2.24, 2.45) is 0 Å². The van der Waals surface area contributed by atoms with E-state index in [4.69, 9.17) is 9.47 Å². The predicted octanol–water partition coefficient (Wildman–Crippen LogP) is 0.909. The first-order valence-corrected chi connectivity index (χ1v) is 4.96. The molecule has 1 heterocycles. The quantitative estimate of drug-likeness (QED) is 0.710. The van der Waals surface area contributed by atoms with Crippen LogP contribution < -0.4 is 0 Å². The van der Waals surface area contributed by atoms with E-state index >= 15 is 0 Å². The van der Waals surface area contributed by atoms with Crippen molar-refractivity contribution in [1.82, 2.24) is 9.97 Å². The number of aliphatic hydroxyl groups is 1. The molecule has 1 unspecified atom stereocenters. The van der Waals surface area contributed by atoms with E-state index in [1.807, 2.05) is 13.8 Å². The van der Waals surface area contributed by atoms with Crippen molar-refractivity contribution < 1.29 is 14.6 Å². The highest BCUT2D eigenvalue weighted by Gasteiger charge is 2.22. The van der Waals surface area contributed by atoms with Gasteiger partial charge in [-0.25, -0.2) is 0 Å². The van der Waals surface area contributed by atoms with E-state index in [0.29, 0.717) is 18.9 Å². The lowest BCUT2D eigenvalue weighted by molar-refractivity contribution is -0.192. The Balaban J connectivity index is 2.67. The Morgan fingerprint density at radius 1 is 1.27 bits per heavy atom. The van der Waals surface area contributed by atoms with E-state index in [2.05, 4.69) is 9.97 Å². The summed E-state index contributed by atoms with van der Waals surface area (Å²) in [5, 5.41) is 9.89. The fraction of sp³-hybridized carbons (Fsp3) is 0.600. The van der Waals surface area contributed by atoms with Crippen molar-refractivity contribution in [1.29, 1.82) is 0 Å². The van der Waals surface area contributed by atoms with E-state index in [-0.39, 0.29) is 0 Å². The lowest BCUT2D eigenvalue weighted by Crippen LogP contribution is -2.26. The van der Waals surface area contributed by atoms with Gasteiger partial charge >= 0.3 is 0 Å². The van der Waals surface area contributed by atoms with Crippen LogP contribution in [0.5, 0.6) is 0 Å². The molecule has 0 radical (unpaired) electrons. The molecule has 84 valence electrons. The van der Waals surface area contributed by atoms with Gasteiger partial charge in [0, 0.05) is 25.6 Å². The van der Waals surface area contributed by atoms with Gasteiger partial charge in [0.25, 0.3) is 0 Å². The topological polar surface area (TPSA) is 64.5 Å².